The van der Waals surface area contributed by atoms with Crippen molar-refractivity contribution < 1.29 is 0 Å². The highest BCUT2D eigenvalue weighted by Gasteiger charge is 2.01. The Morgan fingerprint density at radius 1 is 1.31 bits per heavy atom. The van der Waals surface area contributed by atoms with Crippen molar-refractivity contribution in [3.05, 3.63) is 57.2 Å². The van der Waals surface area contributed by atoms with E-state index in [1.807, 2.05) is 35.7 Å². The van der Waals surface area contributed by atoms with Crippen molar-refractivity contribution in [3.8, 4) is 6.07 Å². The molecule has 0 saturated heterocycles. The second-order valence-electron chi connectivity index (χ2n) is 3.20. The molecule has 0 saturated carbocycles. The average molecular weight is 246 g/mol. The van der Waals surface area contributed by atoms with Gasteiger partial charge in [-0.15, -0.1) is 11.3 Å². The fraction of sp³-hybridized carbons (Fsp3) is 0. The van der Waals surface area contributed by atoms with Crippen LogP contribution in [0.2, 0.25) is 5.02 Å². The minimum Gasteiger partial charge on any atom is -0.192 e. The van der Waals surface area contributed by atoms with Gasteiger partial charge in [0.05, 0.1) is 11.6 Å². The van der Waals surface area contributed by atoms with Gasteiger partial charge in [0.15, 0.2) is 0 Å². The summed E-state index contributed by atoms with van der Waals surface area (Å²) in [6.07, 6.45) is 1.87. The highest BCUT2D eigenvalue weighted by Crippen LogP contribution is 2.22. The van der Waals surface area contributed by atoms with Crippen LogP contribution in [-0.2, 0) is 0 Å². The molecule has 0 fully saturated rings. The molecule has 0 aliphatic rings. The van der Waals surface area contributed by atoms with Gasteiger partial charge in [0.1, 0.15) is 0 Å². The molecular formula is C13H8ClNS. The number of allylic oxidation sites excluding steroid dienone is 1. The van der Waals surface area contributed by atoms with E-state index in [1.165, 1.54) is 0 Å². The third kappa shape index (κ3) is 2.52. The Morgan fingerprint density at radius 2 is 2.19 bits per heavy atom. The van der Waals surface area contributed by atoms with E-state index in [0.717, 1.165) is 10.4 Å². The summed E-state index contributed by atoms with van der Waals surface area (Å²) >= 11 is 7.50. The zero-order valence-corrected chi connectivity index (χ0v) is 9.92. The van der Waals surface area contributed by atoms with Crippen LogP contribution in [0.25, 0.3) is 11.6 Å². The van der Waals surface area contributed by atoms with Gasteiger partial charge in [0, 0.05) is 9.90 Å². The molecule has 2 aromatic rings. The number of nitriles is 1. The van der Waals surface area contributed by atoms with Crippen molar-refractivity contribution >= 4 is 34.6 Å². The summed E-state index contributed by atoms with van der Waals surface area (Å²) in [5, 5.41) is 11.7. The van der Waals surface area contributed by atoms with Gasteiger partial charge in [-0.25, -0.2) is 0 Å². The van der Waals surface area contributed by atoms with Crippen LogP contribution in [0.5, 0.6) is 0 Å². The smallest absolute Gasteiger partial charge is 0.0998 e. The molecule has 16 heavy (non-hydrogen) atoms. The maximum absolute atomic E-state index is 9.11. The van der Waals surface area contributed by atoms with Crippen molar-refractivity contribution in [2.45, 2.75) is 0 Å². The Morgan fingerprint density at radius 3 is 2.81 bits per heavy atom. The second kappa shape index (κ2) is 4.98. The van der Waals surface area contributed by atoms with Crippen molar-refractivity contribution in [2.75, 3.05) is 0 Å². The van der Waals surface area contributed by atoms with Crippen LogP contribution in [0.15, 0.2) is 41.8 Å². The molecule has 0 unspecified atom stereocenters. The van der Waals surface area contributed by atoms with Crippen LogP contribution in [0, 0.1) is 11.3 Å². The maximum Gasteiger partial charge on any atom is 0.0998 e. The Balaban J connectivity index is 2.41. The van der Waals surface area contributed by atoms with E-state index in [9.17, 15) is 0 Å². The lowest BCUT2D eigenvalue weighted by Gasteiger charge is -1.98. The van der Waals surface area contributed by atoms with Crippen LogP contribution < -0.4 is 0 Å². The molecule has 0 amide bonds. The predicted molar refractivity (Wildman–Crippen MR) is 69.3 cm³/mol. The summed E-state index contributed by atoms with van der Waals surface area (Å²) in [5.74, 6) is 0. The first-order valence-corrected chi connectivity index (χ1v) is 5.96. The Labute approximate surface area is 103 Å². The SMILES string of the molecule is N#CC(=Cc1cccs1)c1cccc(Cl)c1. The molecule has 1 aromatic heterocycles. The monoisotopic (exact) mass is 245 g/mol. The maximum atomic E-state index is 9.11. The molecule has 0 bridgehead atoms. The topological polar surface area (TPSA) is 23.8 Å². The number of rotatable bonds is 2. The molecule has 1 aromatic carbocycles. The van der Waals surface area contributed by atoms with Crippen molar-refractivity contribution in [2.24, 2.45) is 0 Å². The minimum absolute atomic E-state index is 0.630. The van der Waals surface area contributed by atoms with E-state index < -0.39 is 0 Å². The van der Waals surface area contributed by atoms with Crippen molar-refractivity contribution in [1.82, 2.24) is 0 Å². The fourth-order valence-electron chi connectivity index (χ4n) is 1.35. The Hall–Kier alpha value is -1.56. The largest absolute Gasteiger partial charge is 0.192 e. The molecular weight excluding hydrogens is 238 g/mol. The molecule has 0 atom stereocenters. The van der Waals surface area contributed by atoms with E-state index in [4.69, 9.17) is 16.9 Å². The summed E-state index contributed by atoms with van der Waals surface area (Å²) in [5.41, 5.74) is 1.48. The van der Waals surface area contributed by atoms with E-state index >= 15 is 0 Å². The number of thiophene rings is 1. The minimum atomic E-state index is 0.630. The molecule has 1 heterocycles. The standard InChI is InChI=1S/C13H8ClNS/c14-12-4-1-3-10(7-12)11(9-15)8-13-5-2-6-16-13/h1-8H. The van der Waals surface area contributed by atoms with Gasteiger partial charge in [0.25, 0.3) is 0 Å². The predicted octanol–water partition coefficient (Wildman–Crippen LogP) is 4.47. The summed E-state index contributed by atoms with van der Waals surface area (Å²) < 4.78 is 0. The van der Waals surface area contributed by atoms with Gasteiger partial charge in [-0.2, -0.15) is 5.26 Å². The summed E-state index contributed by atoms with van der Waals surface area (Å²) in [4.78, 5) is 1.07. The molecule has 0 aliphatic carbocycles. The Bertz CT molecular complexity index is 550. The molecule has 0 radical (unpaired) electrons. The van der Waals surface area contributed by atoms with Crippen LogP contribution in [0.1, 0.15) is 10.4 Å². The lowest BCUT2D eigenvalue weighted by molar-refractivity contribution is 1.52. The summed E-state index contributed by atoms with van der Waals surface area (Å²) in [7, 11) is 0. The zero-order valence-electron chi connectivity index (χ0n) is 8.35. The van der Waals surface area contributed by atoms with Gasteiger partial charge in [-0.3, -0.25) is 0 Å². The third-order valence-electron chi connectivity index (χ3n) is 2.09. The fourth-order valence-corrected chi connectivity index (χ4v) is 2.20. The van der Waals surface area contributed by atoms with Gasteiger partial charge >= 0.3 is 0 Å². The van der Waals surface area contributed by atoms with Crippen LogP contribution >= 0.6 is 22.9 Å². The zero-order chi connectivity index (χ0) is 11.4. The first-order chi connectivity index (χ1) is 7.79. The highest BCUT2D eigenvalue weighted by atomic mass is 35.5. The average Bonchev–Trinajstić information content (AvgIpc) is 2.78. The number of halogens is 1. The van der Waals surface area contributed by atoms with Crippen molar-refractivity contribution in [3.63, 3.8) is 0 Å². The second-order valence-corrected chi connectivity index (χ2v) is 4.61. The van der Waals surface area contributed by atoms with Crippen molar-refractivity contribution in [1.29, 1.82) is 5.26 Å². The number of nitrogens with zero attached hydrogens (tertiary/aromatic N) is 1. The molecule has 78 valence electrons. The number of hydrogen-bond acceptors (Lipinski definition) is 2. The van der Waals surface area contributed by atoms with E-state index in [1.54, 1.807) is 23.5 Å². The van der Waals surface area contributed by atoms with Gasteiger partial charge in [-0.1, -0.05) is 29.8 Å². The van der Waals surface area contributed by atoms with E-state index in [2.05, 4.69) is 6.07 Å². The molecule has 0 aliphatic heterocycles. The van der Waals surface area contributed by atoms with Gasteiger partial charge < -0.3 is 0 Å². The van der Waals surface area contributed by atoms with Gasteiger partial charge in [-0.05, 0) is 35.2 Å². The first-order valence-electron chi connectivity index (χ1n) is 4.71. The molecule has 1 nitrogen and oxygen atoms in total. The lowest BCUT2D eigenvalue weighted by Crippen LogP contribution is -1.80. The molecule has 0 spiro atoms. The number of hydrogen-bond donors (Lipinski definition) is 0. The molecule has 3 heteroatoms. The molecule has 2 rings (SSSR count). The van der Waals surface area contributed by atoms with Crippen LogP contribution in [0.4, 0.5) is 0 Å². The third-order valence-corrected chi connectivity index (χ3v) is 3.14. The van der Waals surface area contributed by atoms with E-state index in [0.29, 0.717) is 10.6 Å². The Kier molecular flexibility index (Phi) is 3.40. The highest BCUT2D eigenvalue weighted by molar-refractivity contribution is 7.10. The van der Waals surface area contributed by atoms with Crippen LogP contribution in [-0.4, -0.2) is 0 Å². The normalized spacial score (nSPS) is 11.1. The number of benzene rings is 1. The lowest BCUT2D eigenvalue weighted by atomic mass is 10.1. The van der Waals surface area contributed by atoms with Gasteiger partial charge in [0.2, 0.25) is 0 Å². The molecule has 0 N–H and O–H groups in total. The first kappa shape index (κ1) is 10.9. The quantitative estimate of drug-likeness (QED) is 0.717. The summed E-state index contributed by atoms with van der Waals surface area (Å²) in [6, 6.07) is 13.5. The summed E-state index contributed by atoms with van der Waals surface area (Å²) in [6.45, 7) is 0. The van der Waals surface area contributed by atoms with Crippen LogP contribution in [0.3, 0.4) is 0 Å². The van der Waals surface area contributed by atoms with E-state index in [-0.39, 0.29) is 0 Å².